The van der Waals surface area contributed by atoms with Crippen LogP contribution in [0.5, 0.6) is 11.6 Å². The Balaban J connectivity index is 0.660. The quantitative estimate of drug-likeness (QED) is 0.165. The molecule has 302 valence electrons. The van der Waals surface area contributed by atoms with Crippen molar-refractivity contribution >= 4 is 39.4 Å². The Morgan fingerprint density at radius 3 is 2.57 bits per heavy atom. The molecule has 2 aromatic carbocycles. The fraction of sp³-hybridized carbons (Fsp3) is 0.319. The highest BCUT2D eigenvalue weighted by molar-refractivity contribution is 6.08. The van der Waals surface area contributed by atoms with Gasteiger partial charge in [-0.05, 0) is 85.2 Å². The monoisotopic (exact) mass is 800 g/mol. The largest absolute Gasteiger partial charge is 0.481 e. The highest BCUT2D eigenvalue weighted by Gasteiger charge is 2.38. The van der Waals surface area contributed by atoms with Gasteiger partial charge in [0.1, 0.15) is 30.3 Å². The zero-order valence-electron chi connectivity index (χ0n) is 33.3. The third-order valence-corrected chi connectivity index (χ3v) is 12.1. The first-order valence-corrected chi connectivity index (χ1v) is 20.6. The number of nitrogens with one attached hydrogen (secondary N) is 1. The second kappa shape index (κ2) is 15.8. The van der Waals surface area contributed by atoms with Crippen molar-refractivity contribution in [3.63, 3.8) is 0 Å². The molecule has 7 heterocycles. The fourth-order valence-electron chi connectivity index (χ4n) is 8.78. The number of fused-ring (bicyclic) bond motifs is 4. The van der Waals surface area contributed by atoms with Gasteiger partial charge in [0.15, 0.2) is 0 Å². The molecule has 1 aliphatic carbocycles. The summed E-state index contributed by atoms with van der Waals surface area (Å²) in [5.41, 5.74) is 6.61. The third-order valence-electron chi connectivity index (χ3n) is 12.1. The van der Waals surface area contributed by atoms with Crippen LogP contribution in [0.2, 0.25) is 0 Å². The van der Waals surface area contributed by atoms with Gasteiger partial charge >= 0.3 is 0 Å². The van der Waals surface area contributed by atoms with E-state index in [1.165, 1.54) is 10.9 Å². The standard InChI is InChI=1S/C47H44N8O5/c1-29-5-11-41(46(56)51-29)55-28-32-22-34(8-10-37(32)47(55)57)58-21-3-4-43-49-18-14-44(52-43)54-19-15-33(16-20-54)59-35-24-36(25-35)60-45-12-7-31(26-50-45)30-6-9-38-39-27-48-17-13-40(39)53(2)42(38)23-30/h6-10,12-14,17-18,22-23,26-27,33,35-36,41H,1,5,11,15-16,19-21,24-25,28H2,2H3,(H,51,56). The molecule has 1 unspecified atom stereocenters. The third kappa shape index (κ3) is 7.39. The summed E-state index contributed by atoms with van der Waals surface area (Å²) in [6, 6.07) is 19.4. The summed E-state index contributed by atoms with van der Waals surface area (Å²) in [5.74, 6) is 8.24. The number of pyridine rings is 2. The van der Waals surface area contributed by atoms with Crippen LogP contribution in [0.15, 0.2) is 97.7 Å². The summed E-state index contributed by atoms with van der Waals surface area (Å²) >= 11 is 0. The van der Waals surface area contributed by atoms with Crippen molar-refractivity contribution < 1.29 is 23.8 Å². The number of ether oxygens (including phenoxy) is 3. The van der Waals surface area contributed by atoms with Crippen molar-refractivity contribution in [3.05, 3.63) is 115 Å². The van der Waals surface area contributed by atoms with Gasteiger partial charge in [-0.3, -0.25) is 14.6 Å². The van der Waals surface area contributed by atoms with Gasteiger partial charge in [-0.25, -0.2) is 15.0 Å². The van der Waals surface area contributed by atoms with Crippen molar-refractivity contribution in [1.29, 1.82) is 0 Å². The van der Waals surface area contributed by atoms with Crippen LogP contribution in [-0.2, 0) is 23.1 Å². The van der Waals surface area contributed by atoms with E-state index in [9.17, 15) is 9.59 Å². The molecule has 2 amide bonds. The number of anilines is 1. The fourth-order valence-corrected chi connectivity index (χ4v) is 8.78. The predicted octanol–water partition coefficient (Wildman–Crippen LogP) is 6.35. The number of aromatic nitrogens is 5. The van der Waals surface area contributed by atoms with Gasteiger partial charge in [0, 0.05) is 103 Å². The lowest BCUT2D eigenvalue weighted by Gasteiger charge is -2.39. The minimum Gasteiger partial charge on any atom is -0.481 e. The maximum atomic E-state index is 13.0. The first kappa shape index (κ1) is 37.5. The molecule has 10 rings (SSSR count). The van der Waals surface area contributed by atoms with Gasteiger partial charge in [0.2, 0.25) is 17.6 Å². The lowest BCUT2D eigenvalue weighted by molar-refractivity contribution is -0.126. The van der Waals surface area contributed by atoms with E-state index >= 15 is 0 Å². The summed E-state index contributed by atoms with van der Waals surface area (Å²) in [5, 5.41) is 5.12. The first-order valence-electron chi connectivity index (χ1n) is 20.6. The van der Waals surface area contributed by atoms with E-state index in [2.05, 4.69) is 79.5 Å². The van der Waals surface area contributed by atoms with E-state index in [1.54, 1.807) is 23.2 Å². The molecule has 4 aromatic heterocycles. The number of nitrogens with zero attached hydrogens (tertiary/aromatic N) is 7. The lowest BCUT2D eigenvalue weighted by atomic mass is 9.91. The van der Waals surface area contributed by atoms with E-state index in [0.29, 0.717) is 48.1 Å². The van der Waals surface area contributed by atoms with E-state index in [1.807, 2.05) is 42.9 Å². The summed E-state index contributed by atoms with van der Waals surface area (Å²) in [6.45, 7) is 6.01. The van der Waals surface area contributed by atoms with Crippen LogP contribution < -0.4 is 19.7 Å². The molecule has 1 saturated carbocycles. The van der Waals surface area contributed by atoms with Crippen molar-refractivity contribution in [1.82, 2.24) is 34.7 Å². The number of benzene rings is 2. The van der Waals surface area contributed by atoms with E-state index in [-0.39, 0.29) is 36.7 Å². The van der Waals surface area contributed by atoms with Gasteiger partial charge in [-0.15, -0.1) is 0 Å². The molecule has 60 heavy (non-hydrogen) atoms. The molecule has 2 saturated heterocycles. The van der Waals surface area contributed by atoms with Crippen LogP contribution >= 0.6 is 0 Å². The molecule has 3 aliphatic heterocycles. The van der Waals surface area contributed by atoms with E-state index in [4.69, 9.17) is 19.2 Å². The second-order valence-corrected chi connectivity index (χ2v) is 16.0. The number of amides is 2. The molecule has 1 atom stereocenters. The second-order valence-electron chi connectivity index (χ2n) is 16.0. The van der Waals surface area contributed by atoms with Crippen LogP contribution in [0.4, 0.5) is 5.82 Å². The average Bonchev–Trinajstić information content (AvgIpc) is 3.74. The van der Waals surface area contributed by atoms with Crippen molar-refractivity contribution in [2.24, 2.45) is 7.05 Å². The lowest BCUT2D eigenvalue weighted by Crippen LogP contribution is -2.49. The van der Waals surface area contributed by atoms with Crippen LogP contribution in [-0.4, -0.2) is 85.3 Å². The van der Waals surface area contributed by atoms with Crippen LogP contribution in [0.1, 0.15) is 60.3 Å². The Morgan fingerprint density at radius 2 is 1.73 bits per heavy atom. The minimum absolute atomic E-state index is 0.101. The highest BCUT2D eigenvalue weighted by atomic mass is 16.5. The van der Waals surface area contributed by atoms with Crippen LogP contribution in [0.25, 0.3) is 32.9 Å². The number of allylic oxidation sites excluding steroid dienone is 1. The zero-order valence-corrected chi connectivity index (χ0v) is 33.3. The van der Waals surface area contributed by atoms with E-state index in [0.717, 1.165) is 72.2 Å². The topological polar surface area (TPSA) is 137 Å². The molecule has 6 aromatic rings. The number of piperidine rings is 2. The number of carbonyl (C=O) groups excluding carboxylic acids is 2. The van der Waals surface area contributed by atoms with Crippen molar-refractivity contribution in [2.45, 2.75) is 69.4 Å². The SMILES string of the molecule is C=C1CCC(N2Cc3cc(OCC#Cc4nccc(N5CCC(OC6CC(Oc7ccc(-c8ccc9c%10cnccc%10n(C)c9c8)cn7)C6)CC5)n4)ccc3C2=O)C(=O)N1. The molecular formula is C47H44N8O5. The average molecular weight is 801 g/mol. The molecule has 13 heteroatoms. The van der Waals surface area contributed by atoms with Crippen molar-refractivity contribution in [3.8, 4) is 34.6 Å². The number of carbonyl (C=O) groups is 2. The molecular weight excluding hydrogens is 757 g/mol. The van der Waals surface area contributed by atoms with Gasteiger partial charge < -0.3 is 33.9 Å². The molecule has 1 N–H and O–H groups in total. The van der Waals surface area contributed by atoms with Crippen molar-refractivity contribution in [2.75, 3.05) is 24.6 Å². The normalized spacial score (nSPS) is 20.4. The number of rotatable bonds is 9. The first-order chi connectivity index (χ1) is 29.3. The van der Waals surface area contributed by atoms with Crippen LogP contribution in [0, 0.1) is 11.8 Å². The Bertz CT molecular complexity index is 2710. The van der Waals surface area contributed by atoms with Gasteiger partial charge in [0.05, 0.1) is 17.7 Å². The molecule has 13 nitrogen and oxygen atoms in total. The van der Waals surface area contributed by atoms with Gasteiger partial charge in [-0.2, -0.15) is 0 Å². The minimum atomic E-state index is -0.499. The number of hydrogen-bond acceptors (Lipinski definition) is 10. The molecule has 3 fully saturated rings. The molecule has 0 radical (unpaired) electrons. The Labute approximate surface area is 347 Å². The maximum Gasteiger partial charge on any atom is 0.255 e. The number of aryl methyl sites for hydroxylation is 1. The Morgan fingerprint density at radius 1 is 0.867 bits per heavy atom. The van der Waals surface area contributed by atoms with Gasteiger partial charge in [-0.1, -0.05) is 24.6 Å². The summed E-state index contributed by atoms with van der Waals surface area (Å²) in [4.78, 5) is 47.4. The Hall–Kier alpha value is -6.78. The summed E-state index contributed by atoms with van der Waals surface area (Å²) < 4.78 is 20.8. The van der Waals surface area contributed by atoms with Crippen LogP contribution in [0.3, 0.4) is 0 Å². The van der Waals surface area contributed by atoms with E-state index < -0.39 is 6.04 Å². The maximum absolute atomic E-state index is 13.0. The summed E-state index contributed by atoms with van der Waals surface area (Å²) in [7, 11) is 2.09. The smallest absolute Gasteiger partial charge is 0.255 e. The molecule has 0 spiro atoms. The Kier molecular flexibility index (Phi) is 9.85. The zero-order chi connectivity index (χ0) is 40.7. The van der Waals surface area contributed by atoms with Gasteiger partial charge in [0.25, 0.3) is 5.91 Å². The molecule has 0 bridgehead atoms. The summed E-state index contributed by atoms with van der Waals surface area (Å²) in [6.07, 6.45) is 12.6. The highest BCUT2D eigenvalue weighted by Crippen LogP contribution is 2.34. The number of hydrogen-bond donors (Lipinski definition) is 1. The predicted molar refractivity (Wildman–Crippen MR) is 226 cm³/mol. The molecule has 4 aliphatic rings.